The Bertz CT molecular complexity index is 1170. The van der Waals surface area contributed by atoms with Crippen LogP contribution in [-0.2, 0) is 0 Å². The standard InChI is InChI=1S/C18H15N7O2S/c1-10-11(2)28-18(22-10)24-17-15(25(26)27)16(20-9-21-17)23-13-7-3-5-12-6-4-8-19-14(12)13/h3-9H,1-2H3,(H2,20,21,22,23,24). The summed E-state index contributed by atoms with van der Waals surface area (Å²) >= 11 is 1.41. The van der Waals surface area contributed by atoms with Crippen molar-refractivity contribution in [3.63, 3.8) is 0 Å². The molecule has 0 saturated carbocycles. The monoisotopic (exact) mass is 393 g/mol. The van der Waals surface area contributed by atoms with Gasteiger partial charge in [-0.15, -0.1) is 11.3 Å². The van der Waals surface area contributed by atoms with E-state index in [1.54, 1.807) is 12.3 Å². The average Bonchev–Trinajstić information content (AvgIpc) is 2.99. The van der Waals surface area contributed by atoms with Gasteiger partial charge in [0.1, 0.15) is 6.33 Å². The van der Waals surface area contributed by atoms with Gasteiger partial charge in [0.25, 0.3) is 0 Å². The minimum atomic E-state index is -0.517. The zero-order valence-electron chi connectivity index (χ0n) is 15.0. The number of nitro groups is 1. The minimum absolute atomic E-state index is 0.0736. The Kier molecular flexibility index (Phi) is 4.53. The van der Waals surface area contributed by atoms with Gasteiger partial charge in [0.2, 0.25) is 11.6 Å². The summed E-state index contributed by atoms with van der Waals surface area (Å²) in [5.41, 5.74) is 1.91. The van der Waals surface area contributed by atoms with Crippen LogP contribution in [0.4, 0.5) is 28.1 Å². The number of pyridine rings is 1. The second-order valence-corrected chi connectivity index (χ2v) is 7.17. The molecule has 0 fully saturated rings. The number of thiazole rings is 1. The summed E-state index contributed by atoms with van der Waals surface area (Å²) in [5.74, 6) is 0.148. The number of hydrogen-bond acceptors (Lipinski definition) is 9. The molecule has 3 heterocycles. The predicted molar refractivity (Wildman–Crippen MR) is 109 cm³/mol. The number of para-hydroxylation sites is 1. The highest BCUT2D eigenvalue weighted by molar-refractivity contribution is 7.15. The molecule has 0 aliphatic carbocycles. The van der Waals surface area contributed by atoms with Crippen LogP contribution >= 0.6 is 11.3 Å². The van der Waals surface area contributed by atoms with Crippen molar-refractivity contribution in [2.45, 2.75) is 13.8 Å². The van der Waals surface area contributed by atoms with Crippen LogP contribution in [-0.4, -0.2) is 24.9 Å². The highest BCUT2D eigenvalue weighted by Gasteiger charge is 2.24. The number of hydrogen-bond donors (Lipinski definition) is 2. The summed E-state index contributed by atoms with van der Waals surface area (Å²) in [7, 11) is 0. The third-order valence-electron chi connectivity index (χ3n) is 4.14. The maximum absolute atomic E-state index is 11.8. The summed E-state index contributed by atoms with van der Waals surface area (Å²) in [4.78, 5) is 29.1. The van der Waals surface area contributed by atoms with Crippen molar-refractivity contribution in [2.24, 2.45) is 0 Å². The Morgan fingerprint density at radius 2 is 1.79 bits per heavy atom. The molecule has 0 radical (unpaired) electrons. The number of anilines is 4. The molecule has 9 nitrogen and oxygen atoms in total. The third kappa shape index (κ3) is 3.32. The number of rotatable bonds is 5. The van der Waals surface area contributed by atoms with Crippen LogP contribution in [0.15, 0.2) is 42.9 Å². The lowest BCUT2D eigenvalue weighted by molar-refractivity contribution is -0.383. The SMILES string of the molecule is Cc1nc(Nc2ncnc(Nc3cccc4cccnc34)c2[N+](=O)[O-])sc1C. The third-order valence-corrected chi connectivity index (χ3v) is 5.13. The Hall–Kier alpha value is -3.66. The molecule has 0 saturated heterocycles. The Morgan fingerprint density at radius 1 is 1.04 bits per heavy atom. The number of nitrogens with zero attached hydrogens (tertiary/aromatic N) is 5. The normalized spacial score (nSPS) is 10.8. The van der Waals surface area contributed by atoms with E-state index in [2.05, 4.69) is 30.6 Å². The number of nitrogens with one attached hydrogen (secondary N) is 2. The Morgan fingerprint density at radius 3 is 2.50 bits per heavy atom. The van der Waals surface area contributed by atoms with Gasteiger partial charge < -0.3 is 10.6 Å². The molecule has 0 aliphatic heterocycles. The zero-order valence-corrected chi connectivity index (χ0v) is 15.8. The number of benzene rings is 1. The van der Waals surface area contributed by atoms with Crippen molar-refractivity contribution < 1.29 is 4.92 Å². The van der Waals surface area contributed by atoms with E-state index in [0.29, 0.717) is 16.3 Å². The Balaban J connectivity index is 1.75. The molecule has 28 heavy (non-hydrogen) atoms. The maximum Gasteiger partial charge on any atom is 0.353 e. The molecule has 1 aromatic carbocycles. The first-order valence-corrected chi connectivity index (χ1v) is 9.16. The summed E-state index contributed by atoms with van der Waals surface area (Å²) in [6.45, 7) is 3.82. The summed E-state index contributed by atoms with van der Waals surface area (Å²) in [6, 6.07) is 9.31. The Labute approximate surface area is 163 Å². The fraction of sp³-hybridized carbons (Fsp3) is 0.111. The van der Waals surface area contributed by atoms with Crippen molar-refractivity contribution in [3.8, 4) is 0 Å². The molecule has 0 atom stereocenters. The summed E-state index contributed by atoms with van der Waals surface area (Å²) < 4.78 is 0. The minimum Gasteiger partial charge on any atom is -0.332 e. The van der Waals surface area contributed by atoms with Gasteiger partial charge in [-0.3, -0.25) is 15.1 Å². The van der Waals surface area contributed by atoms with Crippen molar-refractivity contribution in [1.29, 1.82) is 0 Å². The van der Waals surface area contributed by atoms with Crippen LogP contribution < -0.4 is 10.6 Å². The molecule has 0 unspecified atom stereocenters. The molecule has 0 bridgehead atoms. The second kappa shape index (κ2) is 7.16. The van der Waals surface area contributed by atoms with Crippen molar-refractivity contribution in [2.75, 3.05) is 10.6 Å². The topological polar surface area (TPSA) is 119 Å². The van der Waals surface area contributed by atoms with E-state index in [0.717, 1.165) is 16.0 Å². The average molecular weight is 393 g/mol. The lowest BCUT2D eigenvalue weighted by Crippen LogP contribution is -2.05. The van der Waals surface area contributed by atoms with E-state index >= 15 is 0 Å². The van der Waals surface area contributed by atoms with Crippen molar-refractivity contribution in [1.82, 2.24) is 19.9 Å². The molecule has 4 aromatic rings. The van der Waals surface area contributed by atoms with Gasteiger partial charge in [-0.05, 0) is 26.0 Å². The van der Waals surface area contributed by atoms with Crippen LogP contribution in [0.25, 0.3) is 10.9 Å². The van der Waals surface area contributed by atoms with Gasteiger partial charge >= 0.3 is 5.69 Å². The highest BCUT2D eigenvalue weighted by Crippen LogP contribution is 2.35. The first-order chi connectivity index (χ1) is 13.5. The van der Waals surface area contributed by atoms with Crippen LogP contribution in [0.1, 0.15) is 10.6 Å². The molecule has 0 amide bonds. The quantitative estimate of drug-likeness (QED) is 0.376. The second-order valence-electron chi connectivity index (χ2n) is 5.97. The molecular weight excluding hydrogens is 378 g/mol. The lowest BCUT2D eigenvalue weighted by Gasteiger charge is -2.10. The largest absolute Gasteiger partial charge is 0.353 e. The predicted octanol–water partition coefficient (Wildman–Crippen LogP) is 4.49. The van der Waals surface area contributed by atoms with Crippen LogP contribution in [0.2, 0.25) is 0 Å². The number of aromatic nitrogens is 4. The zero-order chi connectivity index (χ0) is 19.7. The van der Waals surface area contributed by atoms with Crippen molar-refractivity contribution in [3.05, 3.63) is 63.5 Å². The number of fused-ring (bicyclic) bond motifs is 1. The molecule has 140 valence electrons. The van der Waals surface area contributed by atoms with Gasteiger partial charge in [-0.25, -0.2) is 15.0 Å². The molecule has 0 spiro atoms. The fourth-order valence-corrected chi connectivity index (χ4v) is 3.51. The molecule has 0 aliphatic rings. The van der Waals surface area contributed by atoms with E-state index < -0.39 is 4.92 Å². The lowest BCUT2D eigenvalue weighted by atomic mass is 10.2. The van der Waals surface area contributed by atoms with E-state index in [-0.39, 0.29) is 17.3 Å². The van der Waals surface area contributed by atoms with E-state index in [1.807, 2.05) is 38.1 Å². The first kappa shape index (κ1) is 17.7. The van der Waals surface area contributed by atoms with Gasteiger partial charge in [0.15, 0.2) is 5.13 Å². The van der Waals surface area contributed by atoms with E-state index in [9.17, 15) is 10.1 Å². The van der Waals surface area contributed by atoms with Crippen LogP contribution in [0, 0.1) is 24.0 Å². The highest BCUT2D eigenvalue weighted by atomic mass is 32.1. The first-order valence-electron chi connectivity index (χ1n) is 8.34. The van der Waals surface area contributed by atoms with Crippen LogP contribution in [0.5, 0.6) is 0 Å². The molecule has 10 heteroatoms. The van der Waals surface area contributed by atoms with Gasteiger partial charge in [0.05, 0.1) is 21.8 Å². The maximum atomic E-state index is 11.8. The molecule has 3 aromatic heterocycles. The van der Waals surface area contributed by atoms with Gasteiger partial charge in [0, 0.05) is 16.5 Å². The van der Waals surface area contributed by atoms with Crippen molar-refractivity contribution >= 4 is 50.4 Å². The smallest absolute Gasteiger partial charge is 0.332 e. The molecule has 2 N–H and O–H groups in total. The molecule has 4 rings (SSSR count). The summed E-state index contributed by atoms with van der Waals surface area (Å²) in [5, 5.41) is 19.2. The van der Waals surface area contributed by atoms with E-state index in [4.69, 9.17) is 0 Å². The van der Waals surface area contributed by atoms with Crippen LogP contribution in [0.3, 0.4) is 0 Å². The van der Waals surface area contributed by atoms with E-state index in [1.165, 1.54) is 17.7 Å². The fourth-order valence-electron chi connectivity index (χ4n) is 2.69. The van der Waals surface area contributed by atoms with Gasteiger partial charge in [-0.1, -0.05) is 18.2 Å². The summed E-state index contributed by atoms with van der Waals surface area (Å²) in [6.07, 6.45) is 2.94. The number of aryl methyl sites for hydroxylation is 2. The van der Waals surface area contributed by atoms with Gasteiger partial charge in [-0.2, -0.15) is 0 Å². The molecular formula is C18H15N7O2S.